The highest BCUT2D eigenvalue weighted by atomic mass is 16.2. The topological polar surface area (TPSA) is 86.7 Å². The largest absolute Gasteiger partial charge is 0.342 e. The molecule has 4 rings (SSSR count). The molecule has 0 aliphatic carbocycles. The van der Waals surface area contributed by atoms with Gasteiger partial charge >= 0.3 is 0 Å². The number of aryl methyl sites for hydroxylation is 2. The molecular weight excluding hydrogens is 356 g/mol. The first-order valence-corrected chi connectivity index (χ1v) is 9.69. The van der Waals surface area contributed by atoms with Crippen molar-refractivity contribution in [2.45, 2.75) is 38.1 Å². The van der Waals surface area contributed by atoms with Crippen LogP contribution in [-0.2, 0) is 31.9 Å². The molecule has 28 heavy (non-hydrogen) atoms. The minimum Gasteiger partial charge on any atom is -0.342 e. The Bertz CT molecular complexity index is 926. The van der Waals surface area contributed by atoms with Gasteiger partial charge in [0.25, 0.3) is 0 Å². The van der Waals surface area contributed by atoms with Crippen LogP contribution in [0.2, 0.25) is 0 Å². The Labute approximate surface area is 164 Å². The molecule has 9 heteroatoms. The van der Waals surface area contributed by atoms with Gasteiger partial charge in [-0.1, -0.05) is 0 Å². The Morgan fingerprint density at radius 2 is 2.18 bits per heavy atom. The normalized spacial score (nSPS) is 17.2. The van der Waals surface area contributed by atoms with Crippen molar-refractivity contribution >= 4 is 5.91 Å². The number of carbonyl (C=O) groups excluding carboxylic acids is 1. The van der Waals surface area contributed by atoms with E-state index in [-0.39, 0.29) is 11.8 Å². The molecule has 148 valence electrons. The summed E-state index contributed by atoms with van der Waals surface area (Å²) in [5.41, 5.74) is 1.10. The van der Waals surface area contributed by atoms with Crippen LogP contribution in [0.5, 0.6) is 0 Å². The van der Waals surface area contributed by atoms with Gasteiger partial charge < -0.3 is 14.0 Å². The maximum absolute atomic E-state index is 12.7. The van der Waals surface area contributed by atoms with E-state index in [2.05, 4.69) is 24.8 Å². The van der Waals surface area contributed by atoms with Crippen LogP contribution in [0, 0.1) is 0 Å². The van der Waals surface area contributed by atoms with Gasteiger partial charge in [0.15, 0.2) is 5.82 Å². The van der Waals surface area contributed by atoms with Gasteiger partial charge in [0.1, 0.15) is 5.82 Å². The smallest absolute Gasteiger partial charge is 0.222 e. The van der Waals surface area contributed by atoms with Crippen LogP contribution in [0.1, 0.15) is 42.4 Å². The molecule has 3 aromatic heterocycles. The minimum absolute atomic E-state index is 0.203. The third kappa shape index (κ3) is 3.97. The highest BCUT2D eigenvalue weighted by molar-refractivity contribution is 5.76. The maximum atomic E-state index is 12.7. The second-order valence-corrected chi connectivity index (χ2v) is 7.47. The molecule has 0 spiro atoms. The molecule has 1 atom stereocenters. The molecule has 1 aliphatic heterocycles. The van der Waals surface area contributed by atoms with Gasteiger partial charge in [-0.2, -0.15) is 5.10 Å². The third-order valence-electron chi connectivity index (χ3n) is 5.41. The summed E-state index contributed by atoms with van der Waals surface area (Å²) >= 11 is 0. The lowest BCUT2D eigenvalue weighted by Crippen LogP contribution is -2.39. The fourth-order valence-corrected chi connectivity index (χ4v) is 3.84. The van der Waals surface area contributed by atoms with Crippen LogP contribution >= 0.6 is 0 Å². The van der Waals surface area contributed by atoms with E-state index in [1.54, 1.807) is 17.2 Å². The fraction of sp³-hybridized carbons (Fsp3) is 0.526. The van der Waals surface area contributed by atoms with E-state index in [0.717, 1.165) is 43.0 Å². The van der Waals surface area contributed by atoms with Crippen LogP contribution in [-0.4, -0.2) is 58.0 Å². The van der Waals surface area contributed by atoms with E-state index in [1.807, 2.05) is 42.2 Å². The number of amides is 1. The molecule has 1 amide bonds. The fourth-order valence-electron chi connectivity index (χ4n) is 3.84. The van der Waals surface area contributed by atoms with E-state index >= 15 is 0 Å². The molecular formula is C19H26N8O. The molecule has 3 aromatic rings. The summed E-state index contributed by atoms with van der Waals surface area (Å²) in [6, 6.07) is 0. The van der Waals surface area contributed by atoms with E-state index < -0.39 is 0 Å². The number of piperidine rings is 1. The number of likely N-dealkylation sites (tertiary alicyclic amines) is 1. The Morgan fingerprint density at radius 1 is 1.29 bits per heavy atom. The highest BCUT2D eigenvalue weighted by Crippen LogP contribution is 2.26. The monoisotopic (exact) mass is 382 g/mol. The van der Waals surface area contributed by atoms with Gasteiger partial charge in [0.2, 0.25) is 5.91 Å². The Balaban J connectivity index is 1.38. The second kappa shape index (κ2) is 7.95. The third-order valence-corrected chi connectivity index (χ3v) is 5.41. The first kappa shape index (κ1) is 18.4. The summed E-state index contributed by atoms with van der Waals surface area (Å²) in [6.07, 6.45) is 12.5. The molecule has 0 aromatic carbocycles. The summed E-state index contributed by atoms with van der Waals surface area (Å²) in [7, 11) is 3.90. The van der Waals surface area contributed by atoms with Crippen molar-refractivity contribution < 1.29 is 4.79 Å². The molecule has 0 bridgehead atoms. The maximum Gasteiger partial charge on any atom is 0.222 e. The minimum atomic E-state index is 0.203. The van der Waals surface area contributed by atoms with Crippen LogP contribution in [0.25, 0.3) is 0 Å². The van der Waals surface area contributed by atoms with Gasteiger partial charge in [-0.15, -0.1) is 10.2 Å². The lowest BCUT2D eigenvalue weighted by molar-refractivity contribution is -0.132. The number of nitrogens with zero attached hydrogens (tertiary/aromatic N) is 8. The summed E-state index contributed by atoms with van der Waals surface area (Å²) < 4.78 is 5.81. The van der Waals surface area contributed by atoms with Crippen LogP contribution < -0.4 is 0 Å². The zero-order chi connectivity index (χ0) is 19.5. The quantitative estimate of drug-likeness (QED) is 0.638. The average molecular weight is 382 g/mol. The average Bonchev–Trinajstić information content (AvgIpc) is 3.44. The number of aromatic nitrogens is 7. The van der Waals surface area contributed by atoms with Crippen LogP contribution in [0.15, 0.2) is 31.1 Å². The molecule has 9 nitrogen and oxygen atoms in total. The SMILES string of the molecule is Cn1cc(CCC(=O)N2CCC[C@H](c3nnc(Cn4ccnc4)n3C)C2)cn1. The predicted molar refractivity (Wildman–Crippen MR) is 102 cm³/mol. The van der Waals surface area contributed by atoms with Crippen molar-refractivity contribution in [2.24, 2.45) is 14.1 Å². The second-order valence-electron chi connectivity index (χ2n) is 7.47. The van der Waals surface area contributed by atoms with Crippen molar-refractivity contribution in [1.29, 1.82) is 0 Å². The summed E-state index contributed by atoms with van der Waals surface area (Å²) in [4.78, 5) is 18.8. The molecule has 1 saturated heterocycles. The van der Waals surface area contributed by atoms with E-state index in [1.165, 1.54) is 0 Å². The lowest BCUT2D eigenvalue weighted by Gasteiger charge is -2.32. The van der Waals surface area contributed by atoms with Crippen LogP contribution in [0.3, 0.4) is 0 Å². The zero-order valence-corrected chi connectivity index (χ0v) is 16.4. The molecule has 0 saturated carbocycles. The van der Waals surface area contributed by atoms with Crippen molar-refractivity contribution in [3.05, 3.63) is 48.3 Å². The molecule has 0 unspecified atom stereocenters. The van der Waals surface area contributed by atoms with E-state index in [9.17, 15) is 4.79 Å². The van der Waals surface area contributed by atoms with Crippen molar-refractivity contribution in [1.82, 2.24) is 39.0 Å². The van der Waals surface area contributed by atoms with Crippen molar-refractivity contribution in [2.75, 3.05) is 13.1 Å². The summed E-state index contributed by atoms with van der Waals surface area (Å²) in [5.74, 6) is 2.28. The summed E-state index contributed by atoms with van der Waals surface area (Å²) in [6.45, 7) is 2.18. The first-order chi connectivity index (χ1) is 13.6. The number of hydrogen-bond donors (Lipinski definition) is 0. The lowest BCUT2D eigenvalue weighted by atomic mass is 9.96. The molecule has 1 aliphatic rings. The molecule has 4 heterocycles. The van der Waals surface area contributed by atoms with Gasteiger partial charge in [0, 0.05) is 58.1 Å². The zero-order valence-electron chi connectivity index (χ0n) is 16.4. The molecule has 0 radical (unpaired) electrons. The summed E-state index contributed by atoms with van der Waals surface area (Å²) in [5, 5.41) is 13.0. The molecule has 1 fully saturated rings. The van der Waals surface area contributed by atoms with Gasteiger partial charge in [-0.25, -0.2) is 4.98 Å². The Morgan fingerprint density at radius 3 is 2.93 bits per heavy atom. The van der Waals surface area contributed by atoms with Gasteiger partial charge in [-0.05, 0) is 24.8 Å². The Hall–Kier alpha value is -2.97. The Kier molecular flexibility index (Phi) is 5.23. The number of imidazole rings is 1. The van der Waals surface area contributed by atoms with Crippen molar-refractivity contribution in [3.8, 4) is 0 Å². The first-order valence-electron chi connectivity index (χ1n) is 9.69. The van der Waals surface area contributed by atoms with Gasteiger partial charge in [0.05, 0.1) is 19.1 Å². The van der Waals surface area contributed by atoms with E-state index in [4.69, 9.17) is 0 Å². The number of hydrogen-bond acceptors (Lipinski definition) is 5. The van der Waals surface area contributed by atoms with Gasteiger partial charge in [-0.3, -0.25) is 9.48 Å². The highest BCUT2D eigenvalue weighted by Gasteiger charge is 2.28. The standard InChI is InChI=1S/C19H26N8O/c1-24-11-15(10-21-24)5-6-18(28)27-8-3-4-16(12-27)19-23-22-17(25(19)2)13-26-9-7-20-14-26/h7,9-11,14,16H,3-6,8,12-13H2,1-2H3/t16-/m0/s1. The molecule has 0 N–H and O–H groups in total. The van der Waals surface area contributed by atoms with E-state index in [0.29, 0.717) is 19.5 Å². The van der Waals surface area contributed by atoms with Crippen LogP contribution in [0.4, 0.5) is 0 Å². The number of carbonyl (C=O) groups is 1. The predicted octanol–water partition coefficient (Wildman–Crippen LogP) is 1.13. The number of rotatable bonds is 6. The van der Waals surface area contributed by atoms with Crippen molar-refractivity contribution in [3.63, 3.8) is 0 Å².